The zero-order valence-electron chi connectivity index (χ0n) is 17.7. The number of hydrogen-bond acceptors (Lipinski definition) is 4. The third kappa shape index (κ3) is 7.07. The van der Waals surface area contributed by atoms with E-state index in [1.54, 1.807) is 17.0 Å². The summed E-state index contributed by atoms with van der Waals surface area (Å²) in [5, 5.41) is 6.79. The number of oxime groups is 1. The molecular weight excluding hydrogens is 366 g/mol. The molecule has 0 spiro atoms. The molecule has 0 saturated carbocycles. The van der Waals surface area contributed by atoms with Crippen molar-refractivity contribution >= 4 is 23.2 Å². The number of nitrogens with zero attached hydrogens (tertiary/aromatic N) is 2. The van der Waals surface area contributed by atoms with Crippen LogP contribution in [0, 0.1) is 0 Å². The van der Waals surface area contributed by atoms with Gasteiger partial charge < -0.3 is 15.1 Å². The van der Waals surface area contributed by atoms with Crippen molar-refractivity contribution in [1.82, 2.24) is 4.90 Å². The highest BCUT2D eigenvalue weighted by atomic mass is 16.6. The molecule has 0 aliphatic rings. The lowest BCUT2D eigenvalue weighted by atomic mass is 10.0. The van der Waals surface area contributed by atoms with Crippen LogP contribution in [0.5, 0.6) is 0 Å². The van der Waals surface area contributed by atoms with Crippen molar-refractivity contribution in [1.29, 1.82) is 0 Å². The number of benzene rings is 2. The summed E-state index contributed by atoms with van der Waals surface area (Å²) in [5.74, 6) is -0.247. The highest BCUT2D eigenvalue weighted by molar-refractivity contribution is 5.99. The Balaban J connectivity index is 1.98. The van der Waals surface area contributed by atoms with Gasteiger partial charge in [-0.25, -0.2) is 0 Å². The molecule has 0 fully saturated rings. The number of carbonyl (C=O) groups is 2. The van der Waals surface area contributed by atoms with Crippen LogP contribution < -0.4 is 5.32 Å². The van der Waals surface area contributed by atoms with E-state index in [1.165, 1.54) is 6.92 Å². The molecule has 6 heteroatoms. The van der Waals surface area contributed by atoms with Gasteiger partial charge in [0.2, 0.25) is 5.91 Å². The third-order valence-corrected chi connectivity index (χ3v) is 4.31. The van der Waals surface area contributed by atoms with E-state index >= 15 is 0 Å². The van der Waals surface area contributed by atoms with Crippen LogP contribution in [0.25, 0.3) is 0 Å². The molecule has 154 valence electrons. The lowest BCUT2D eigenvalue weighted by Crippen LogP contribution is -2.46. The molecule has 2 amide bonds. The Kier molecular flexibility index (Phi) is 7.53. The number of nitrogens with one attached hydrogen (secondary N) is 1. The quantitative estimate of drug-likeness (QED) is 0.564. The van der Waals surface area contributed by atoms with Gasteiger partial charge in [-0.3, -0.25) is 9.59 Å². The first-order chi connectivity index (χ1) is 13.7. The van der Waals surface area contributed by atoms with Crippen LogP contribution in [-0.4, -0.2) is 34.6 Å². The van der Waals surface area contributed by atoms with Crippen LogP contribution in [-0.2, 0) is 21.0 Å². The summed E-state index contributed by atoms with van der Waals surface area (Å²) in [6.07, 6.45) is 0. The standard InChI is InChI=1S/C23H29N3O3/c1-17(20-11-13-21(14-12-20)24-18(2)27)25-29-16-22(28)26(23(3,4)5)15-19-9-7-6-8-10-19/h6-14H,15-16H2,1-5H3,(H,24,27). The fourth-order valence-electron chi connectivity index (χ4n) is 2.78. The average molecular weight is 396 g/mol. The number of rotatable bonds is 7. The van der Waals surface area contributed by atoms with E-state index in [4.69, 9.17) is 4.84 Å². The molecule has 0 saturated heterocycles. The van der Waals surface area contributed by atoms with Crippen LogP contribution >= 0.6 is 0 Å². The minimum Gasteiger partial charge on any atom is -0.385 e. The Morgan fingerprint density at radius 1 is 1.00 bits per heavy atom. The minimum atomic E-state index is -0.339. The van der Waals surface area contributed by atoms with E-state index in [0.717, 1.165) is 11.1 Å². The molecule has 0 aliphatic carbocycles. The van der Waals surface area contributed by atoms with Crippen LogP contribution in [0.4, 0.5) is 5.69 Å². The van der Waals surface area contributed by atoms with Gasteiger partial charge in [0.25, 0.3) is 5.91 Å². The molecule has 0 radical (unpaired) electrons. The SMILES string of the molecule is CC(=O)Nc1ccc(C(C)=NOCC(=O)N(Cc2ccccc2)C(C)(C)C)cc1. The molecule has 0 aromatic heterocycles. The van der Waals surface area contributed by atoms with Crippen molar-refractivity contribution in [3.8, 4) is 0 Å². The number of carbonyl (C=O) groups excluding carboxylic acids is 2. The summed E-state index contributed by atoms with van der Waals surface area (Å²) in [4.78, 5) is 31.0. The molecule has 0 atom stereocenters. The van der Waals surface area contributed by atoms with Gasteiger partial charge in [-0.2, -0.15) is 0 Å². The Labute approximate surface area is 172 Å². The van der Waals surface area contributed by atoms with Crippen molar-refractivity contribution in [2.75, 3.05) is 11.9 Å². The average Bonchev–Trinajstić information content (AvgIpc) is 2.66. The molecule has 2 aromatic carbocycles. The first-order valence-electron chi connectivity index (χ1n) is 9.56. The summed E-state index contributed by atoms with van der Waals surface area (Å²) in [5.41, 5.74) is 2.94. The van der Waals surface area contributed by atoms with E-state index in [-0.39, 0.29) is 24.0 Å². The van der Waals surface area contributed by atoms with E-state index < -0.39 is 0 Å². The topological polar surface area (TPSA) is 71.0 Å². The Bertz CT molecular complexity index is 853. The van der Waals surface area contributed by atoms with Crippen molar-refractivity contribution in [2.24, 2.45) is 5.16 Å². The van der Waals surface area contributed by atoms with E-state index in [9.17, 15) is 9.59 Å². The monoisotopic (exact) mass is 395 g/mol. The molecule has 2 rings (SSSR count). The summed E-state index contributed by atoms with van der Waals surface area (Å²) < 4.78 is 0. The maximum Gasteiger partial charge on any atom is 0.264 e. The summed E-state index contributed by atoms with van der Waals surface area (Å²) in [6, 6.07) is 17.1. The van der Waals surface area contributed by atoms with Gasteiger partial charge in [0.15, 0.2) is 6.61 Å². The Hall–Kier alpha value is -3.15. The van der Waals surface area contributed by atoms with Crippen molar-refractivity contribution in [3.05, 3.63) is 65.7 Å². The largest absolute Gasteiger partial charge is 0.385 e. The van der Waals surface area contributed by atoms with Crippen LogP contribution in [0.15, 0.2) is 59.8 Å². The zero-order valence-corrected chi connectivity index (χ0v) is 17.7. The van der Waals surface area contributed by atoms with Crippen LogP contribution in [0.1, 0.15) is 45.7 Å². The predicted octanol–water partition coefficient (Wildman–Crippen LogP) is 4.21. The lowest BCUT2D eigenvalue weighted by Gasteiger charge is -2.35. The predicted molar refractivity (Wildman–Crippen MR) is 116 cm³/mol. The molecule has 0 heterocycles. The van der Waals surface area contributed by atoms with Gasteiger partial charge in [0, 0.05) is 24.7 Å². The summed E-state index contributed by atoms with van der Waals surface area (Å²) in [6.45, 7) is 9.65. The second-order valence-corrected chi connectivity index (χ2v) is 7.84. The maximum absolute atomic E-state index is 12.8. The summed E-state index contributed by atoms with van der Waals surface area (Å²) in [7, 11) is 0. The lowest BCUT2D eigenvalue weighted by molar-refractivity contribution is -0.141. The smallest absolute Gasteiger partial charge is 0.264 e. The third-order valence-electron chi connectivity index (χ3n) is 4.31. The van der Waals surface area contributed by atoms with Gasteiger partial charge >= 0.3 is 0 Å². The maximum atomic E-state index is 12.8. The number of hydrogen-bond donors (Lipinski definition) is 1. The van der Waals surface area contributed by atoms with Crippen LogP contribution in [0.3, 0.4) is 0 Å². The molecule has 1 N–H and O–H groups in total. The zero-order chi connectivity index (χ0) is 21.4. The van der Waals surface area contributed by atoms with E-state index in [2.05, 4.69) is 10.5 Å². The van der Waals surface area contributed by atoms with Gasteiger partial charge in [0.1, 0.15) is 0 Å². The number of amides is 2. The highest BCUT2D eigenvalue weighted by Gasteiger charge is 2.26. The molecular formula is C23H29N3O3. The van der Waals surface area contributed by atoms with E-state index in [0.29, 0.717) is 17.9 Å². The molecule has 2 aromatic rings. The first kappa shape index (κ1) is 22.1. The van der Waals surface area contributed by atoms with Gasteiger partial charge in [-0.1, -0.05) is 47.6 Å². The Morgan fingerprint density at radius 3 is 2.17 bits per heavy atom. The molecule has 0 aliphatic heterocycles. The molecule has 6 nitrogen and oxygen atoms in total. The minimum absolute atomic E-state index is 0.121. The Morgan fingerprint density at radius 2 is 1.62 bits per heavy atom. The first-order valence-corrected chi connectivity index (χ1v) is 9.56. The molecule has 0 unspecified atom stereocenters. The van der Waals surface area contributed by atoms with Gasteiger partial charge in [-0.15, -0.1) is 0 Å². The second kappa shape index (κ2) is 9.87. The van der Waals surface area contributed by atoms with Crippen LogP contribution in [0.2, 0.25) is 0 Å². The second-order valence-electron chi connectivity index (χ2n) is 7.84. The number of anilines is 1. The molecule has 29 heavy (non-hydrogen) atoms. The van der Waals surface area contributed by atoms with E-state index in [1.807, 2.05) is 70.2 Å². The van der Waals surface area contributed by atoms with Crippen molar-refractivity contribution in [2.45, 2.75) is 46.7 Å². The van der Waals surface area contributed by atoms with Crippen molar-refractivity contribution in [3.63, 3.8) is 0 Å². The molecule has 0 bridgehead atoms. The fourth-order valence-corrected chi connectivity index (χ4v) is 2.78. The van der Waals surface area contributed by atoms with Gasteiger partial charge in [0.05, 0.1) is 5.71 Å². The fraction of sp³-hybridized carbons (Fsp3) is 0.348. The highest BCUT2D eigenvalue weighted by Crippen LogP contribution is 2.18. The van der Waals surface area contributed by atoms with Crippen molar-refractivity contribution < 1.29 is 14.4 Å². The van der Waals surface area contributed by atoms with Gasteiger partial charge in [-0.05, 0) is 51.0 Å². The summed E-state index contributed by atoms with van der Waals surface area (Å²) >= 11 is 0. The normalized spacial score (nSPS) is 11.7.